The van der Waals surface area contributed by atoms with Gasteiger partial charge in [0.05, 0.1) is 7.11 Å². The molecule has 0 amide bonds. The van der Waals surface area contributed by atoms with Crippen LogP contribution in [-0.2, 0) is 21.4 Å². The van der Waals surface area contributed by atoms with Gasteiger partial charge in [-0.25, -0.2) is 9.18 Å². The first-order valence-corrected chi connectivity index (χ1v) is 11.7. The van der Waals surface area contributed by atoms with Gasteiger partial charge in [-0.3, -0.25) is 0 Å². The van der Waals surface area contributed by atoms with Crippen molar-refractivity contribution in [3.63, 3.8) is 0 Å². The Bertz CT molecular complexity index is 987. The van der Waals surface area contributed by atoms with E-state index in [1.54, 1.807) is 24.3 Å². The van der Waals surface area contributed by atoms with Crippen molar-refractivity contribution in [1.82, 2.24) is 0 Å². The summed E-state index contributed by atoms with van der Waals surface area (Å²) in [5.41, 5.74) is 1.43. The highest BCUT2D eigenvalue weighted by atomic mass is 35.5. The second-order valence-electron chi connectivity index (χ2n) is 9.56. The summed E-state index contributed by atoms with van der Waals surface area (Å²) in [7, 11) is 1.41. The van der Waals surface area contributed by atoms with Crippen LogP contribution in [0.2, 0.25) is 5.02 Å². The van der Waals surface area contributed by atoms with Crippen molar-refractivity contribution < 1.29 is 19.0 Å². The van der Waals surface area contributed by atoms with E-state index in [0.29, 0.717) is 30.7 Å². The number of hydrogen-bond donors (Lipinski definition) is 2. The fourth-order valence-corrected chi connectivity index (χ4v) is 6.22. The molecule has 0 aliphatic heterocycles. The molecule has 2 N–H and O–H groups in total. The van der Waals surface area contributed by atoms with Gasteiger partial charge >= 0.3 is 5.97 Å². The molecular weight excluding hydrogens is 429 g/mol. The lowest BCUT2D eigenvalue weighted by atomic mass is 9.59. The van der Waals surface area contributed by atoms with E-state index in [-0.39, 0.29) is 35.6 Å². The van der Waals surface area contributed by atoms with Gasteiger partial charge in [0.15, 0.2) is 0 Å². The number of rotatable bonds is 6. The zero-order chi connectivity index (χ0) is 22.9. The number of nitrogens with one attached hydrogen (secondary N) is 1. The van der Waals surface area contributed by atoms with Crippen LogP contribution in [0.3, 0.4) is 0 Å². The molecule has 2 atom stereocenters. The molecule has 172 valence electrons. The third kappa shape index (κ3) is 4.01. The number of aliphatic hydroxyl groups is 1. The van der Waals surface area contributed by atoms with Gasteiger partial charge in [0.25, 0.3) is 0 Å². The first-order valence-electron chi connectivity index (χ1n) is 11.3. The maximum atomic E-state index is 15.2. The summed E-state index contributed by atoms with van der Waals surface area (Å²) in [4.78, 5) is 13.0. The van der Waals surface area contributed by atoms with E-state index in [4.69, 9.17) is 16.3 Å². The molecule has 6 heteroatoms. The zero-order valence-corrected chi connectivity index (χ0v) is 19.4. The molecule has 2 aromatic carbocycles. The molecule has 4 nitrogen and oxygen atoms in total. The third-order valence-electron chi connectivity index (χ3n) is 7.62. The van der Waals surface area contributed by atoms with E-state index < -0.39 is 5.54 Å². The number of ether oxygens (including phenoxy) is 1. The molecule has 1 saturated carbocycles. The van der Waals surface area contributed by atoms with E-state index in [1.165, 1.54) is 7.11 Å². The van der Waals surface area contributed by atoms with Crippen molar-refractivity contribution in [1.29, 1.82) is 0 Å². The Morgan fingerprint density at radius 2 is 1.97 bits per heavy atom. The lowest BCUT2D eigenvalue weighted by Gasteiger charge is -2.47. The van der Waals surface area contributed by atoms with Gasteiger partial charge in [0.2, 0.25) is 0 Å². The fourth-order valence-electron chi connectivity index (χ4n) is 6.03. The Morgan fingerprint density at radius 1 is 1.25 bits per heavy atom. The molecule has 0 saturated heterocycles. The maximum Gasteiger partial charge on any atom is 0.331 e. The summed E-state index contributed by atoms with van der Waals surface area (Å²) in [5.74, 6) is -0.0844. The van der Waals surface area contributed by atoms with Gasteiger partial charge in [-0.15, -0.1) is 0 Å². The number of esters is 1. The van der Waals surface area contributed by atoms with Crippen LogP contribution in [-0.4, -0.2) is 30.3 Å². The molecule has 0 radical (unpaired) electrons. The number of methoxy groups -OCH3 is 1. The SMILES string of the molecule is COC(=O)C1(Nc2cccc(Cl)c2)CCC2(CC1)c1c(F)cccc1C[C@@H]2C[C@@H](C)CO. The van der Waals surface area contributed by atoms with Crippen LogP contribution in [0.25, 0.3) is 0 Å². The molecule has 2 aliphatic rings. The van der Waals surface area contributed by atoms with Crippen LogP contribution in [0.4, 0.5) is 10.1 Å². The topological polar surface area (TPSA) is 58.6 Å². The number of halogens is 2. The van der Waals surface area contributed by atoms with Crippen molar-refractivity contribution in [2.24, 2.45) is 11.8 Å². The van der Waals surface area contributed by atoms with Crippen molar-refractivity contribution >= 4 is 23.3 Å². The van der Waals surface area contributed by atoms with E-state index in [1.807, 2.05) is 25.1 Å². The van der Waals surface area contributed by atoms with Crippen LogP contribution < -0.4 is 5.32 Å². The predicted octanol–water partition coefficient (Wildman–Crippen LogP) is 5.51. The number of hydrogen-bond acceptors (Lipinski definition) is 4. The summed E-state index contributed by atoms with van der Waals surface area (Å²) < 4.78 is 20.4. The highest BCUT2D eigenvalue weighted by Gasteiger charge is 2.55. The Balaban J connectivity index is 1.68. The Kier molecular flexibility index (Phi) is 6.51. The minimum atomic E-state index is -0.883. The zero-order valence-electron chi connectivity index (χ0n) is 18.7. The molecule has 32 heavy (non-hydrogen) atoms. The Labute approximate surface area is 194 Å². The van der Waals surface area contributed by atoms with Gasteiger partial charge in [0.1, 0.15) is 11.4 Å². The first-order chi connectivity index (χ1) is 15.3. The number of fused-ring (bicyclic) bond motifs is 2. The monoisotopic (exact) mass is 459 g/mol. The number of carbonyl (C=O) groups excluding carboxylic acids is 1. The molecule has 2 aliphatic carbocycles. The molecule has 2 aromatic rings. The number of benzene rings is 2. The van der Waals surface area contributed by atoms with Crippen LogP contribution >= 0.6 is 11.6 Å². The second-order valence-corrected chi connectivity index (χ2v) is 10.0. The lowest BCUT2D eigenvalue weighted by Crippen LogP contribution is -2.53. The number of carbonyl (C=O) groups is 1. The predicted molar refractivity (Wildman–Crippen MR) is 124 cm³/mol. The van der Waals surface area contributed by atoms with Crippen LogP contribution in [0.15, 0.2) is 42.5 Å². The number of anilines is 1. The van der Waals surface area contributed by atoms with Crippen molar-refractivity contribution in [3.8, 4) is 0 Å². The standard InChI is InChI=1S/C26H31ClFNO3/c1-17(16-30)13-19-14-18-5-3-8-22(28)23(18)25(19)9-11-26(12-10-25,24(31)32-2)29-21-7-4-6-20(27)15-21/h3-8,15,17,19,29-30H,9-14,16H2,1-2H3/t17-,19+,25?,26?/m1/s1. The Morgan fingerprint density at radius 3 is 2.62 bits per heavy atom. The van der Waals surface area contributed by atoms with Gasteiger partial charge in [-0.2, -0.15) is 0 Å². The molecule has 4 rings (SSSR count). The quantitative estimate of drug-likeness (QED) is 0.559. The smallest absolute Gasteiger partial charge is 0.331 e. The first kappa shape index (κ1) is 23.1. The molecule has 1 spiro atoms. The number of aliphatic hydroxyl groups excluding tert-OH is 1. The molecule has 1 fully saturated rings. The average Bonchev–Trinajstić information content (AvgIpc) is 3.08. The Hall–Kier alpha value is -2.11. The summed E-state index contributed by atoms with van der Waals surface area (Å²) in [6.07, 6.45) is 4.05. The minimum Gasteiger partial charge on any atom is -0.467 e. The summed E-state index contributed by atoms with van der Waals surface area (Å²) in [6, 6.07) is 12.7. The van der Waals surface area contributed by atoms with E-state index in [9.17, 15) is 9.90 Å². The van der Waals surface area contributed by atoms with E-state index >= 15 is 4.39 Å². The molecule has 0 unspecified atom stereocenters. The molecular formula is C26H31ClFNO3. The summed E-state index contributed by atoms with van der Waals surface area (Å²) in [6.45, 7) is 2.16. The van der Waals surface area contributed by atoms with Gasteiger partial charge in [0, 0.05) is 22.7 Å². The van der Waals surface area contributed by atoms with Gasteiger partial charge < -0.3 is 15.2 Å². The van der Waals surface area contributed by atoms with E-state index in [0.717, 1.165) is 29.7 Å². The second kappa shape index (κ2) is 9.03. The van der Waals surface area contributed by atoms with Crippen molar-refractivity contribution in [2.75, 3.05) is 19.0 Å². The summed E-state index contributed by atoms with van der Waals surface area (Å²) in [5, 5.41) is 13.7. The van der Waals surface area contributed by atoms with Gasteiger partial charge in [-0.1, -0.05) is 36.7 Å². The van der Waals surface area contributed by atoms with E-state index in [2.05, 4.69) is 5.32 Å². The average molecular weight is 460 g/mol. The van der Waals surface area contributed by atoms with Crippen LogP contribution in [0.1, 0.15) is 50.2 Å². The molecule has 0 heterocycles. The van der Waals surface area contributed by atoms with Crippen LogP contribution in [0.5, 0.6) is 0 Å². The minimum absolute atomic E-state index is 0.119. The highest BCUT2D eigenvalue weighted by Crippen LogP contribution is 2.56. The van der Waals surface area contributed by atoms with Crippen molar-refractivity contribution in [2.45, 2.75) is 56.4 Å². The largest absolute Gasteiger partial charge is 0.467 e. The van der Waals surface area contributed by atoms with Crippen molar-refractivity contribution in [3.05, 3.63) is 64.4 Å². The highest BCUT2D eigenvalue weighted by molar-refractivity contribution is 6.30. The summed E-state index contributed by atoms with van der Waals surface area (Å²) >= 11 is 6.16. The fraction of sp³-hybridized carbons (Fsp3) is 0.500. The normalized spacial score (nSPS) is 27.7. The third-order valence-corrected chi connectivity index (χ3v) is 7.86. The molecule has 0 bridgehead atoms. The maximum absolute atomic E-state index is 15.2. The van der Waals surface area contributed by atoms with Crippen LogP contribution in [0, 0.1) is 17.7 Å². The lowest BCUT2D eigenvalue weighted by molar-refractivity contribution is -0.148. The molecule has 0 aromatic heterocycles. The van der Waals surface area contributed by atoms with Gasteiger partial charge in [-0.05, 0) is 85.8 Å².